The van der Waals surface area contributed by atoms with Crippen molar-refractivity contribution in [3.63, 3.8) is 0 Å². The van der Waals surface area contributed by atoms with Crippen LogP contribution < -0.4 is 10.1 Å². The summed E-state index contributed by atoms with van der Waals surface area (Å²) in [7, 11) is 0. The number of hydrogen-bond acceptors (Lipinski definition) is 6. The molecular formula is C19H22N2O5. The van der Waals surface area contributed by atoms with E-state index in [1.165, 1.54) is 0 Å². The summed E-state index contributed by atoms with van der Waals surface area (Å²) in [5.41, 5.74) is 2.64. The molecule has 1 aliphatic heterocycles. The van der Waals surface area contributed by atoms with Crippen molar-refractivity contribution in [1.29, 1.82) is 0 Å². The number of aryl methyl sites for hydroxylation is 1. The molecule has 0 bridgehead atoms. The van der Waals surface area contributed by atoms with E-state index in [0.29, 0.717) is 30.8 Å². The highest BCUT2D eigenvalue weighted by molar-refractivity contribution is 5.94. The quantitative estimate of drug-likeness (QED) is 0.751. The summed E-state index contributed by atoms with van der Waals surface area (Å²) < 4.78 is 10.6. The van der Waals surface area contributed by atoms with Gasteiger partial charge in [0.15, 0.2) is 5.69 Å². The molecule has 1 amide bonds. The number of aromatic nitrogens is 1. The molecule has 0 saturated heterocycles. The van der Waals surface area contributed by atoms with Gasteiger partial charge >= 0.3 is 0 Å². The number of ether oxygens (including phenoxy) is 1. The maximum atomic E-state index is 12.7. The highest BCUT2D eigenvalue weighted by Gasteiger charge is 2.37. The van der Waals surface area contributed by atoms with Crippen LogP contribution in [0.5, 0.6) is 5.75 Å². The predicted molar refractivity (Wildman–Crippen MR) is 91.7 cm³/mol. The van der Waals surface area contributed by atoms with Crippen LogP contribution in [0.4, 0.5) is 0 Å². The van der Waals surface area contributed by atoms with Gasteiger partial charge in [-0.05, 0) is 48.9 Å². The number of aliphatic hydroxyl groups excluding tert-OH is 2. The third-order valence-corrected chi connectivity index (χ3v) is 5.34. The van der Waals surface area contributed by atoms with Crippen molar-refractivity contribution in [2.75, 3.05) is 6.61 Å². The van der Waals surface area contributed by atoms with E-state index in [1.54, 1.807) is 6.92 Å². The van der Waals surface area contributed by atoms with Gasteiger partial charge in [0, 0.05) is 6.42 Å². The van der Waals surface area contributed by atoms with Crippen LogP contribution in [0.15, 0.2) is 22.7 Å². The summed E-state index contributed by atoms with van der Waals surface area (Å²) in [6.45, 7) is 2.03. The number of hydrogen-bond donors (Lipinski definition) is 3. The fraction of sp³-hybridized carbons (Fsp3) is 0.474. The van der Waals surface area contributed by atoms with Gasteiger partial charge in [0.05, 0.1) is 30.9 Å². The van der Waals surface area contributed by atoms with Crippen molar-refractivity contribution in [3.05, 3.63) is 46.3 Å². The highest BCUT2D eigenvalue weighted by atomic mass is 16.5. The molecule has 1 aromatic heterocycles. The third kappa shape index (κ3) is 2.97. The van der Waals surface area contributed by atoms with E-state index in [-0.39, 0.29) is 36.3 Å². The van der Waals surface area contributed by atoms with Gasteiger partial charge in [-0.25, -0.2) is 0 Å². The zero-order valence-corrected chi connectivity index (χ0v) is 14.6. The monoisotopic (exact) mass is 358 g/mol. The molecule has 2 aliphatic rings. The van der Waals surface area contributed by atoms with Gasteiger partial charge in [0.1, 0.15) is 11.5 Å². The van der Waals surface area contributed by atoms with Crippen LogP contribution in [0.1, 0.15) is 51.8 Å². The molecule has 2 aromatic rings. The van der Waals surface area contributed by atoms with E-state index < -0.39 is 0 Å². The van der Waals surface area contributed by atoms with Gasteiger partial charge in [0.2, 0.25) is 0 Å². The van der Waals surface area contributed by atoms with Crippen LogP contribution in [-0.2, 0) is 13.0 Å². The molecule has 1 aromatic carbocycles. The van der Waals surface area contributed by atoms with Crippen molar-refractivity contribution in [3.8, 4) is 5.75 Å². The molecule has 7 heteroatoms. The number of carbonyl (C=O) groups is 1. The second-order valence-electron chi connectivity index (χ2n) is 7.03. The van der Waals surface area contributed by atoms with Gasteiger partial charge < -0.3 is 24.8 Å². The first-order chi connectivity index (χ1) is 12.6. The normalized spacial score (nSPS) is 22.3. The van der Waals surface area contributed by atoms with Crippen molar-refractivity contribution in [2.24, 2.45) is 5.92 Å². The summed E-state index contributed by atoms with van der Waals surface area (Å²) in [5.74, 6) is 1.10. The van der Waals surface area contributed by atoms with Crippen LogP contribution in [0.3, 0.4) is 0 Å². The van der Waals surface area contributed by atoms with E-state index in [0.717, 1.165) is 23.3 Å². The summed E-state index contributed by atoms with van der Waals surface area (Å²) >= 11 is 0. The molecule has 1 atom stereocenters. The number of rotatable bonds is 5. The Morgan fingerprint density at radius 2 is 2.23 bits per heavy atom. The van der Waals surface area contributed by atoms with Crippen molar-refractivity contribution < 1.29 is 24.3 Å². The fourth-order valence-electron chi connectivity index (χ4n) is 3.74. The van der Waals surface area contributed by atoms with Crippen molar-refractivity contribution in [1.82, 2.24) is 10.5 Å². The summed E-state index contributed by atoms with van der Waals surface area (Å²) in [6.07, 6.45) is 1.82. The number of nitrogens with zero attached hydrogens (tertiary/aromatic N) is 1. The Hall–Kier alpha value is -2.38. The van der Waals surface area contributed by atoms with E-state index in [9.17, 15) is 15.0 Å². The van der Waals surface area contributed by atoms with Crippen LogP contribution in [-0.4, -0.2) is 34.0 Å². The first-order valence-corrected chi connectivity index (χ1v) is 8.87. The summed E-state index contributed by atoms with van der Waals surface area (Å²) in [4.78, 5) is 12.7. The molecule has 2 heterocycles. The molecule has 1 fully saturated rings. The SMILES string of the molecule is Cc1onc(C(=O)N[C@@H](c2ccc3c(c2)CCO3)C2CC(O)C2)c1CO. The molecule has 3 N–H and O–H groups in total. The third-order valence-electron chi connectivity index (χ3n) is 5.34. The minimum atomic E-state index is -0.381. The number of nitrogens with one attached hydrogen (secondary N) is 1. The predicted octanol–water partition coefficient (Wildman–Crippen LogP) is 1.65. The van der Waals surface area contributed by atoms with Crippen LogP contribution >= 0.6 is 0 Å². The average molecular weight is 358 g/mol. The lowest BCUT2D eigenvalue weighted by Gasteiger charge is -2.38. The summed E-state index contributed by atoms with van der Waals surface area (Å²) in [5, 5.41) is 26.0. The largest absolute Gasteiger partial charge is 0.493 e. The fourth-order valence-corrected chi connectivity index (χ4v) is 3.74. The molecule has 138 valence electrons. The first kappa shape index (κ1) is 17.1. The van der Waals surface area contributed by atoms with Gasteiger partial charge in [-0.3, -0.25) is 4.79 Å². The molecule has 1 saturated carbocycles. The Morgan fingerprint density at radius 3 is 2.96 bits per heavy atom. The Labute approximate surface area is 151 Å². The maximum Gasteiger partial charge on any atom is 0.274 e. The zero-order valence-electron chi connectivity index (χ0n) is 14.6. The summed E-state index contributed by atoms with van der Waals surface area (Å²) in [6, 6.07) is 5.73. The Bertz CT molecular complexity index is 825. The van der Waals surface area contributed by atoms with Crippen LogP contribution in [0.25, 0.3) is 0 Å². The lowest BCUT2D eigenvalue weighted by Crippen LogP contribution is -2.41. The van der Waals surface area contributed by atoms with E-state index in [4.69, 9.17) is 9.26 Å². The van der Waals surface area contributed by atoms with Crippen LogP contribution in [0.2, 0.25) is 0 Å². The van der Waals surface area contributed by atoms with Crippen molar-refractivity contribution in [2.45, 2.75) is 44.9 Å². The smallest absolute Gasteiger partial charge is 0.274 e. The Kier molecular flexibility index (Phi) is 4.42. The molecule has 4 rings (SSSR count). The van der Waals surface area contributed by atoms with E-state index >= 15 is 0 Å². The molecule has 26 heavy (non-hydrogen) atoms. The number of amides is 1. The highest BCUT2D eigenvalue weighted by Crippen LogP contribution is 2.40. The van der Waals surface area contributed by atoms with E-state index in [2.05, 4.69) is 16.5 Å². The number of benzene rings is 1. The molecule has 0 radical (unpaired) electrons. The van der Waals surface area contributed by atoms with Crippen LogP contribution in [0, 0.1) is 12.8 Å². The second-order valence-corrected chi connectivity index (χ2v) is 7.03. The average Bonchev–Trinajstić information content (AvgIpc) is 3.22. The maximum absolute atomic E-state index is 12.7. The number of fused-ring (bicyclic) bond motifs is 1. The Morgan fingerprint density at radius 1 is 1.42 bits per heavy atom. The molecule has 0 spiro atoms. The minimum Gasteiger partial charge on any atom is -0.493 e. The molecule has 7 nitrogen and oxygen atoms in total. The van der Waals surface area contributed by atoms with Gasteiger partial charge in [-0.2, -0.15) is 0 Å². The topological polar surface area (TPSA) is 105 Å². The van der Waals surface area contributed by atoms with E-state index in [1.807, 2.05) is 12.1 Å². The van der Waals surface area contributed by atoms with Gasteiger partial charge in [-0.15, -0.1) is 0 Å². The number of carbonyl (C=O) groups excluding carboxylic acids is 1. The zero-order chi connectivity index (χ0) is 18.3. The Balaban J connectivity index is 1.60. The standard InChI is InChI=1S/C19H22N2O5/c1-10-15(9-22)18(21-26-10)19(24)20-17(13-7-14(23)8-13)12-2-3-16-11(6-12)4-5-25-16/h2-3,6,13-14,17,22-23H,4-5,7-9H2,1H3,(H,20,24)/t13?,14?,17-/m0/s1. The van der Waals surface area contributed by atoms with Crippen molar-refractivity contribution >= 4 is 5.91 Å². The lowest BCUT2D eigenvalue weighted by molar-refractivity contribution is 0.0234. The van der Waals surface area contributed by atoms with Gasteiger partial charge in [0.25, 0.3) is 5.91 Å². The molecular weight excluding hydrogens is 336 g/mol. The molecule has 1 aliphatic carbocycles. The van der Waals surface area contributed by atoms with Gasteiger partial charge in [-0.1, -0.05) is 11.2 Å². The first-order valence-electron chi connectivity index (χ1n) is 8.87. The lowest BCUT2D eigenvalue weighted by atomic mass is 9.74. The minimum absolute atomic E-state index is 0.111. The number of aliphatic hydroxyl groups is 2. The second kappa shape index (κ2) is 6.74. The molecule has 0 unspecified atom stereocenters.